The van der Waals surface area contributed by atoms with Crippen LogP contribution in [-0.4, -0.2) is 63.2 Å². The van der Waals surface area contributed by atoms with Gasteiger partial charge in [0.1, 0.15) is 6.61 Å². The quantitative estimate of drug-likeness (QED) is 0.637. The van der Waals surface area contributed by atoms with Crippen molar-refractivity contribution in [3.8, 4) is 5.82 Å². The molecule has 5 heterocycles. The number of likely N-dealkylation sites (tertiary alicyclic amines) is 1. The van der Waals surface area contributed by atoms with Gasteiger partial charge in [-0.05, 0) is 31.9 Å². The minimum Gasteiger partial charge on any atom is -0.380 e. The molecule has 2 unspecified atom stereocenters. The number of aromatic nitrogens is 3. The van der Waals surface area contributed by atoms with Crippen molar-refractivity contribution in [2.45, 2.75) is 49.7 Å². The summed E-state index contributed by atoms with van der Waals surface area (Å²) in [5.41, 5.74) is 2.23. The number of allylic oxidation sites excluding steroid dienone is 1. The van der Waals surface area contributed by atoms with Gasteiger partial charge in [-0.2, -0.15) is 9.49 Å². The molecule has 2 aromatic rings. The van der Waals surface area contributed by atoms with Crippen LogP contribution >= 0.6 is 11.8 Å². The number of methoxy groups -OCH3 is 1. The first-order chi connectivity index (χ1) is 15.8. The fourth-order valence-corrected chi connectivity index (χ4v) is 6.49. The van der Waals surface area contributed by atoms with Crippen molar-refractivity contribution in [3.63, 3.8) is 0 Å². The Bertz CT molecular complexity index is 1050. The lowest BCUT2D eigenvalue weighted by atomic mass is 9.77. The molecule has 2 fully saturated rings. The van der Waals surface area contributed by atoms with Gasteiger partial charge < -0.3 is 9.47 Å². The van der Waals surface area contributed by atoms with E-state index in [0.29, 0.717) is 39.1 Å². The van der Waals surface area contributed by atoms with Gasteiger partial charge in [0, 0.05) is 50.3 Å². The number of aryl methyl sites for hydroxylation is 1. The Morgan fingerprint density at radius 2 is 2.06 bits per heavy atom. The SMILES string of the molecule is COCc1cccnc1-n1cc(CN2CCC3(CC2)OCC(F)(F)C2C=C(F)SC23)c(C)n1. The Hall–Kier alpha value is -1.88. The molecule has 5 rings (SSSR count). The van der Waals surface area contributed by atoms with E-state index in [1.54, 1.807) is 18.0 Å². The van der Waals surface area contributed by atoms with Gasteiger partial charge in [-0.25, -0.2) is 18.4 Å². The average molecular weight is 481 g/mol. The lowest BCUT2D eigenvalue weighted by Gasteiger charge is -2.51. The van der Waals surface area contributed by atoms with Crippen LogP contribution < -0.4 is 0 Å². The third kappa shape index (κ3) is 4.22. The summed E-state index contributed by atoms with van der Waals surface area (Å²) in [6.07, 6.45) is 6.02. The molecular formula is C23H27F3N4O2S. The molecule has 10 heteroatoms. The number of rotatable bonds is 5. The zero-order chi connectivity index (χ0) is 23.2. The molecule has 0 N–H and O–H groups in total. The Balaban J connectivity index is 1.27. The summed E-state index contributed by atoms with van der Waals surface area (Å²) >= 11 is 0.911. The van der Waals surface area contributed by atoms with Gasteiger partial charge >= 0.3 is 0 Å². The highest BCUT2D eigenvalue weighted by molar-refractivity contribution is 8.03. The Morgan fingerprint density at radius 3 is 2.82 bits per heavy atom. The van der Waals surface area contributed by atoms with Crippen LogP contribution in [0.25, 0.3) is 5.82 Å². The van der Waals surface area contributed by atoms with E-state index in [4.69, 9.17) is 9.47 Å². The summed E-state index contributed by atoms with van der Waals surface area (Å²) in [5.74, 6) is -3.38. The van der Waals surface area contributed by atoms with Crippen molar-refractivity contribution < 1.29 is 22.6 Å². The first-order valence-corrected chi connectivity index (χ1v) is 12.0. The fourth-order valence-electron chi connectivity index (χ4n) is 5.08. The van der Waals surface area contributed by atoms with E-state index in [-0.39, 0.29) is 0 Å². The van der Waals surface area contributed by atoms with E-state index in [1.807, 2.05) is 25.3 Å². The number of ether oxygens (including phenoxy) is 2. The normalized spacial score (nSPS) is 26.4. The third-order valence-corrected chi connectivity index (χ3v) is 8.25. The molecule has 2 aromatic heterocycles. The molecule has 1 spiro atoms. The summed E-state index contributed by atoms with van der Waals surface area (Å²) in [5, 5.41) is 3.57. The number of pyridine rings is 1. The van der Waals surface area contributed by atoms with E-state index >= 15 is 0 Å². The molecule has 33 heavy (non-hydrogen) atoms. The van der Waals surface area contributed by atoms with Crippen molar-refractivity contribution in [3.05, 3.63) is 52.6 Å². The second kappa shape index (κ2) is 8.72. The lowest BCUT2D eigenvalue weighted by Crippen LogP contribution is -2.61. The molecule has 0 aromatic carbocycles. The summed E-state index contributed by atoms with van der Waals surface area (Å²) in [6.45, 7) is 3.86. The molecule has 0 amide bonds. The second-order valence-electron chi connectivity index (χ2n) is 9.03. The predicted molar refractivity (Wildman–Crippen MR) is 119 cm³/mol. The van der Waals surface area contributed by atoms with Gasteiger partial charge in [-0.3, -0.25) is 4.90 Å². The zero-order valence-corrected chi connectivity index (χ0v) is 19.5. The van der Waals surface area contributed by atoms with Crippen LogP contribution in [0.1, 0.15) is 29.7 Å². The molecule has 2 atom stereocenters. The maximum atomic E-state index is 14.3. The van der Waals surface area contributed by atoms with Crippen LogP contribution in [0, 0.1) is 12.8 Å². The van der Waals surface area contributed by atoms with Crippen LogP contribution in [0.2, 0.25) is 0 Å². The number of alkyl halides is 2. The Labute approximate surface area is 195 Å². The largest absolute Gasteiger partial charge is 0.380 e. The molecule has 0 bridgehead atoms. The molecule has 178 valence electrons. The number of hydrogen-bond donors (Lipinski definition) is 0. The van der Waals surface area contributed by atoms with E-state index in [2.05, 4.69) is 15.0 Å². The molecule has 6 nitrogen and oxygen atoms in total. The maximum Gasteiger partial charge on any atom is 0.278 e. The highest BCUT2D eigenvalue weighted by Gasteiger charge is 2.60. The van der Waals surface area contributed by atoms with Gasteiger partial charge in [0.15, 0.2) is 11.0 Å². The van der Waals surface area contributed by atoms with Crippen LogP contribution in [0.15, 0.2) is 35.8 Å². The molecule has 3 aliphatic rings. The lowest BCUT2D eigenvalue weighted by molar-refractivity contribution is -0.215. The first-order valence-electron chi connectivity index (χ1n) is 11.1. The molecule has 2 saturated heterocycles. The van der Waals surface area contributed by atoms with Gasteiger partial charge in [0.05, 0.1) is 29.1 Å². The van der Waals surface area contributed by atoms with Gasteiger partial charge in [0.25, 0.3) is 5.92 Å². The summed E-state index contributed by atoms with van der Waals surface area (Å²) in [6, 6.07) is 3.84. The van der Waals surface area contributed by atoms with E-state index in [1.165, 1.54) is 0 Å². The van der Waals surface area contributed by atoms with Crippen LogP contribution in [0.3, 0.4) is 0 Å². The molecule has 0 saturated carbocycles. The molecule has 0 radical (unpaired) electrons. The average Bonchev–Trinajstić information content (AvgIpc) is 3.37. The number of piperidine rings is 1. The number of thioether (sulfide) groups is 1. The molecule has 3 aliphatic heterocycles. The first kappa shape index (κ1) is 22.9. The van der Waals surface area contributed by atoms with Gasteiger partial charge in [-0.1, -0.05) is 17.8 Å². The highest BCUT2D eigenvalue weighted by atomic mass is 32.2. The summed E-state index contributed by atoms with van der Waals surface area (Å²) in [4.78, 5) is 6.75. The molecule has 0 aliphatic carbocycles. The topological polar surface area (TPSA) is 52.4 Å². The van der Waals surface area contributed by atoms with E-state index in [0.717, 1.165) is 40.5 Å². The van der Waals surface area contributed by atoms with Crippen molar-refractivity contribution in [2.75, 3.05) is 26.8 Å². The summed E-state index contributed by atoms with van der Waals surface area (Å²) in [7, 11) is 1.65. The van der Waals surface area contributed by atoms with Gasteiger partial charge in [0.2, 0.25) is 0 Å². The van der Waals surface area contributed by atoms with Crippen molar-refractivity contribution in [1.82, 2.24) is 19.7 Å². The third-order valence-electron chi connectivity index (χ3n) is 6.92. The van der Waals surface area contributed by atoms with Crippen molar-refractivity contribution in [2.24, 2.45) is 5.92 Å². The Morgan fingerprint density at radius 1 is 1.27 bits per heavy atom. The number of hydrogen-bond acceptors (Lipinski definition) is 6. The van der Waals surface area contributed by atoms with Crippen molar-refractivity contribution >= 4 is 11.8 Å². The monoisotopic (exact) mass is 480 g/mol. The van der Waals surface area contributed by atoms with Crippen LogP contribution in [0.5, 0.6) is 0 Å². The Kier molecular flexibility index (Phi) is 6.05. The smallest absolute Gasteiger partial charge is 0.278 e. The van der Waals surface area contributed by atoms with Crippen LogP contribution in [-0.2, 0) is 22.6 Å². The molecular weight excluding hydrogens is 453 g/mol. The standard InChI is InChI=1S/C23H27F3N4O2S/c1-15-17(12-30(28-15)21-16(13-31-2)4-3-7-27-21)11-29-8-5-22(6-9-29)20-18(10-19(24)33-20)23(25,26)14-32-22/h3-4,7,10,12,18,20H,5-6,8-9,11,13-14H2,1-2H3. The predicted octanol–water partition coefficient (Wildman–Crippen LogP) is 4.26. The van der Waals surface area contributed by atoms with Crippen LogP contribution in [0.4, 0.5) is 13.2 Å². The highest BCUT2D eigenvalue weighted by Crippen LogP contribution is 2.55. The van der Waals surface area contributed by atoms with E-state index in [9.17, 15) is 13.2 Å². The minimum absolute atomic E-state index is 0.445. The van der Waals surface area contributed by atoms with Gasteiger partial charge in [-0.15, -0.1) is 0 Å². The minimum atomic E-state index is -3.02. The second-order valence-corrected chi connectivity index (χ2v) is 10.2. The number of fused-ring (bicyclic) bond motifs is 2. The summed E-state index contributed by atoms with van der Waals surface area (Å²) < 4.78 is 55.4. The van der Waals surface area contributed by atoms with Crippen molar-refractivity contribution in [1.29, 1.82) is 0 Å². The maximum absolute atomic E-state index is 14.3. The zero-order valence-electron chi connectivity index (χ0n) is 18.6. The fraction of sp³-hybridized carbons (Fsp3) is 0.565. The van der Waals surface area contributed by atoms with E-state index < -0.39 is 34.5 Å². The number of nitrogens with zero attached hydrogens (tertiary/aromatic N) is 4. The number of halogens is 3.